The number of H-pyrrole nitrogens is 1. The molecule has 0 unspecified atom stereocenters. The van der Waals surface area contributed by atoms with Crippen LogP contribution >= 0.6 is 0 Å². The highest BCUT2D eigenvalue weighted by atomic mass is 19.1. The highest BCUT2D eigenvalue weighted by molar-refractivity contribution is 5.92. The van der Waals surface area contributed by atoms with E-state index in [2.05, 4.69) is 25.9 Å². The lowest BCUT2D eigenvalue weighted by atomic mass is 9.89. The Bertz CT molecular complexity index is 1070. The van der Waals surface area contributed by atoms with E-state index in [-0.39, 0.29) is 23.7 Å². The fourth-order valence-corrected chi connectivity index (χ4v) is 5.16. The minimum atomic E-state index is -0.267. The number of aromatic nitrogens is 3. The van der Waals surface area contributed by atoms with Crippen LogP contribution in [0.1, 0.15) is 33.5 Å². The Morgan fingerprint density at radius 3 is 2.84 bits per heavy atom. The molecule has 0 bridgehead atoms. The van der Waals surface area contributed by atoms with Crippen molar-refractivity contribution in [2.45, 2.75) is 19.4 Å². The van der Waals surface area contributed by atoms with E-state index in [9.17, 15) is 9.18 Å². The number of nitrogens with one attached hydrogen (secondary N) is 1. The zero-order valence-corrected chi connectivity index (χ0v) is 17.5. The molecule has 2 aliphatic heterocycles. The maximum atomic E-state index is 14.1. The van der Waals surface area contributed by atoms with Crippen molar-refractivity contribution in [2.24, 2.45) is 11.8 Å². The van der Waals surface area contributed by atoms with E-state index in [4.69, 9.17) is 0 Å². The number of halogens is 1. The fourth-order valence-electron chi connectivity index (χ4n) is 5.16. The first-order chi connectivity index (χ1) is 15.1. The Hall–Kier alpha value is -3.06. The van der Waals surface area contributed by atoms with Crippen molar-refractivity contribution >= 4 is 5.91 Å². The van der Waals surface area contributed by atoms with Gasteiger partial charge in [-0.15, -0.1) is 0 Å². The van der Waals surface area contributed by atoms with Crippen LogP contribution in [0.15, 0.2) is 55.0 Å². The zero-order chi connectivity index (χ0) is 21.4. The van der Waals surface area contributed by atoms with Crippen LogP contribution in [0.4, 0.5) is 4.39 Å². The second-order valence-corrected chi connectivity index (χ2v) is 8.63. The van der Waals surface area contributed by atoms with Gasteiger partial charge in [0.2, 0.25) is 0 Å². The third kappa shape index (κ3) is 3.97. The van der Waals surface area contributed by atoms with Crippen LogP contribution < -0.4 is 0 Å². The number of amides is 1. The van der Waals surface area contributed by atoms with Crippen LogP contribution in [0.2, 0.25) is 0 Å². The number of imidazole rings is 1. The molecule has 1 aromatic carbocycles. The summed E-state index contributed by atoms with van der Waals surface area (Å²) in [5.74, 6) is 1.04. The van der Waals surface area contributed by atoms with Gasteiger partial charge < -0.3 is 14.8 Å². The summed E-state index contributed by atoms with van der Waals surface area (Å²) in [4.78, 5) is 29.1. The van der Waals surface area contributed by atoms with E-state index in [1.165, 1.54) is 11.6 Å². The van der Waals surface area contributed by atoms with Gasteiger partial charge in [-0.05, 0) is 48.6 Å². The lowest BCUT2D eigenvalue weighted by Gasteiger charge is -2.29. The van der Waals surface area contributed by atoms with Gasteiger partial charge >= 0.3 is 0 Å². The van der Waals surface area contributed by atoms with Crippen molar-refractivity contribution in [1.29, 1.82) is 0 Å². The SMILES string of the molecule is Cc1ncc(C(=O)N2C[C@@H]3CN(CCc4cccnc4)C[C@@H]3[C@H]2c2cccc(F)c2)[nH]1. The molecule has 2 fully saturated rings. The lowest BCUT2D eigenvalue weighted by molar-refractivity contribution is 0.0695. The molecule has 0 saturated carbocycles. The predicted molar refractivity (Wildman–Crippen MR) is 115 cm³/mol. The summed E-state index contributed by atoms with van der Waals surface area (Å²) in [5.41, 5.74) is 2.59. The third-order valence-corrected chi connectivity index (χ3v) is 6.56. The van der Waals surface area contributed by atoms with Gasteiger partial charge in [0.1, 0.15) is 17.3 Å². The van der Waals surface area contributed by atoms with Gasteiger partial charge in [-0.3, -0.25) is 9.78 Å². The largest absolute Gasteiger partial charge is 0.338 e. The average molecular weight is 420 g/mol. The molecular weight excluding hydrogens is 393 g/mol. The smallest absolute Gasteiger partial charge is 0.272 e. The number of rotatable bonds is 5. The molecular formula is C24H26FN5O. The molecule has 2 aliphatic rings. The molecule has 2 aromatic heterocycles. The summed E-state index contributed by atoms with van der Waals surface area (Å²) in [6.07, 6.45) is 6.25. The van der Waals surface area contributed by atoms with Gasteiger partial charge in [-0.1, -0.05) is 18.2 Å². The van der Waals surface area contributed by atoms with Gasteiger partial charge in [0, 0.05) is 44.5 Å². The molecule has 0 aliphatic carbocycles. The van der Waals surface area contributed by atoms with Crippen LogP contribution in [0.5, 0.6) is 0 Å². The third-order valence-electron chi connectivity index (χ3n) is 6.56. The van der Waals surface area contributed by atoms with E-state index in [1.807, 2.05) is 30.2 Å². The maximum absolute atomic E-state index is 14.1. The molecule has 1 amide bonds. The molecule has 7 heteroatoms. The number of nitrogens with zero attached hydrogens (tertiary/aromatic N) is 4. The lowest BCUT2D eigenvalue weighted by Crippen LogP contribution is -2.36. The minimum Gasteiger partial charge on any atom is -0.338 e. The molecule has 160 valence electrons. The minimum absolute atomic E-state index is 0.0637. The van der Waals surface area contributed by atoms with Crippen molar-refractivity contribution in [1.82, 2.24) is 24.8 Å². The Morgan fingerprint density at radius 2 is 2.10 bits per heavy atom. The molecule has 5 rings (SSSR count). The van der Waals surface area contributed by atoms with E-state index in [0.717, 1.165) is 31.6 Å². The quantitative estimate of drug-likeness (QED) is 0.690. The Kier molecular flexibility index (Phi) is 5.28. The molecule has 1 N–H and O–H groups in total. The van der Waals surface area contributed by atoms with Crippen LogP contribution in [0, 0.1) is 24.6 Å². The molecule has 2 saturated heterocycles. The van der Waals surface area contributed by atoms with Crippen molar-refractivity contribution in [2.75, 3.05) is 26.2 Å². The standard InChI is InChI=1S/C24H26FN5O/c1-16-27-12-22(28-16)24(31)30-14-19-13-29(9-7-17-4-3-8-26-11-17)15-21(19)23(30)18-5-2-6-20(25)10-18/h2-6,8,10-12,19,21,23H,7,9,13-15H2,1H3,(H,27,28)/t19-,21-,23+/m0/s1. The van der Waals surface area contributed by atoms with Gasteiger partial charge in [-0.25, -0.2) is 9.37 Å². The van der Waals surface area contributed by atoms with Crippen LogP contribution in [-0.2, 0) is 6.42 Å². The number of hydrogen-bond donors (Lipinski definition) is 1. The summed E-state index contributed by atoms with van der Waals surface area (Å²) in [6.45, 7) is 5.31. The number of fused-ring (bicyclic) bond motifs is 1. The monoisotopic (exact) mass is 419 g/mol. The summed E-state index contributed by atoms with van der Waals surface area (Å²) >= 11 is 0. The fraction of sp³-hybridized carbons (Fsp3) is 0.375. The van der Waals surface area contributed by atoms with E-state index >= 15 is 0 Å². The number of carbonyl (C=O) groups excluding carboxylic acids is 1. The number of aryl methyl sites for hydroxylation is 1. The number of hydrogen-bond acceptors (Lipinski definition) is 4. The van der Waals surface area contributed by atoms with Crippen LogP contribution in [0.3, 0.4) is 0 Å². The van der Waals surface area contributed by atoms with Gasteiger partial charge in [0.25, 0.3) is 5.91 Å². The molecule has 3 atom stereocenters. The summed E-state index contributed by atoms with van der Waals surface area (Å²) in [7, 11) is 0. The molecule has 6 nitrogen and oxygen atoms in total. The zero-order valence-electron chi connectivity index (χ0n) is 17.5. The summed E-state index contributed by atoms with van der Waals surface area (Å²) in [5, 5.41) is 0. The Labute approximate surface area is 181 Å². The number of benzene rings is 1. The Balaban J connectivity index is 1.37. The van der Waals surface area contributed by atoms with Crippen molar-refractivity contribution in [3.05, 3.63) is 83.5 Å². The number of carbonyl (C=O) groups is 1. The Morgan fingerprint density at radius 1 is 1.19 bits per heavy atom. The topological polar surface area (TPSA) is 65.1 Å². The number of aromatic amines is 1. The van der Waals surface area contributed by atoms with Gasteiger partial charge in [0.05, 0.1) is 12.2 Å². The number of pyridine rings is 1. The normalized spacial score (nSPS) is 23.3. The van der Waals surface area contributed by atoms with E-state index in [0.29, 0.717) is 24.0 Å². The molecule has 31 heavy (non-hydrogen) atoms. The van der Waals surface area contributed by atoms with E-state index < -0.39 is 0 Å². The van der Waals surface area contributed by atoms with Gasteiger partial charge in [0.15, 0.2) is 0 Å². The summed E-state index contributed by atoms with van der Waals surface area (Å²) in [6, 6.07) is 10.6. The maximum Gasteiger partial charge on any atom is 0.272 e. The highest BCUT2D eigenvalue weighted by Gasteiger charge is 2.49. The first-order valence-electron chi connectivity index (χ1n) is 10.8. The van der Waals surface area contributed by atoms with Crippen molar-refractivity contribution < 1.29 is 9.18 Å². The van der Waals surface area contributed by atoms with Crippen LogP contribution in [-0.4, -0.2) is 56.8 Å². The highest BCUT2D eigenvalue weighted by Crippen LogP contribution is 2.45. The molecule has 4 heterocycles. The second-order valence-electron chi connectivity index (χ2n) is 8.63. The first-order valence-corrected chi connectivity index (χ1v) is 10.8. The summed E-state index contributed by atoms with van der Waals surface area (Å²) < 4.78 is 14.1. The molecule has 0 radical (unpaired) electrons. The van der Waals surface area contributed by atoms with E-state index in [1.54, 1.807) is 24.5 Å². The van der Waals surface area contributed by atoms with Crippen molar-refractivity contribution in [3.8, 4) is 0 Å². The van der Waals surface area contributed by atoms with Crippen molar-refractivity contribution in [3.63, 3.8) is 0 Å². The predicted octanol–water partition coefficient (Wildman–Crippen LogP) is 3.24. The van der Waals surface area contributed by atoms with Gasteiger partial charge in [-0.2, -0.15) is 0 Å². The molecule has 0 spiro atoms. The second kappa shape index (κ2) is 8.23. The number of likely N-dealkylation sites (tertiary alicyclic amines) is 2. The molecule has 3 aromatic rings. The average Bonchev–Trinajstić information content (AvgIpc) is 3.46. The van der Waals surface area contributed by atoms with Crippen LogP contribution in [0.25, 0.3) is 0 Å². The first kappa shape index (κ1) is 19.9.